The SMILES string of the molecule is CC(C)(C)C(CBr)CN1CCOC2CCCC21. The second kappa shape index (κ2) is 5.58. The van der Waals surface area contributed by atoms with Crippen molar-refractivity contribution in [1.82, 2.24) is 4.90 Å². The van der Waals surface area contributed by atoms with Gasteiger partial charge in [-0.25, -0.2) is 0 Å². The minimum absolute atomic E-state index is 0.385. The number of fused-ring (bicyclic) bond motifs is 1. The number of morpholine rings is 1. The van der Waals surface area contributed by atoms with Gasteiger partial charge in [-0.2, -0.15) is 0 Å². The van der Waals surface area contributed by atoms with Gasteiger partial charge in [-0.05, 0) is 30.6 Å². The summed E-state index contributed by atoms with van der Waals surface area (Å²) in [6.07, 6.45) is 4.49. The van der Waals surface area contributed by atoms with Gasteiger partial charge in [0, 0.05) is 24.5 Å². The summed E-state index contributed by atoms with van der Waals surface area (Å²) >= 11 is 3.69. The van der Waals surface area contributed by atoms with Gasteiger partial charge in [0.2, 0.25) is 0 Å². The van der Waals surface area contributed by atoms with E-state index in [1.54, 1.807) is 0 Å². The Kier molecular flexibility index (Phi) is 4.54. The Bertz CT molecular complexity index is 251. The Morgan fingerprint density at radius 3 is 2.76 bits per heavy atom. The Morgan fingerprint density at radius 1 is 1.35 bits per heavy atom. The van der Waals surface area contributed by atoms with Crippen LogP contribution in [0.3, 0.4) is 0 Å². The Morgan fingerprint density at radius 2 is 2.12 bits per heavy atom. The van der Waals surface area contributed by atoms with Crippen LogP contribution < -0.4 is 0 Å². The van der Waals surface area contributed by atoms with Gasteiger partial charge < -0.3 is 4.74 Å². The van der Waals surface area contributed by atoms with E-state index in [2.05, 4.69) is 41.6 Å². The zero-order valence-corrected chi connectivity index (χ0v) is 13.0. The number of halogens is 1. The van der Waals surface area contributed by atoms with Crippen LogP contribution in [-0.2, 0) is 4.74 Å². The second-order valence-electron chi connectivity index (χ2n) is 6.62. The van der Waals surface area contributed by atoms with E-state index in [0.29, 0.717) is 17.6 Å². The van der Waals surface area contributed by atoms with Crippen LogP contribution in [0.1, 0.15) is 40.0 Å². The molecule has 0 spiro atoms. The maximum Gasteiger partial charge on any atom is 0.0730 e. The number of alkyl halides is 1. The van der Waals surface area contributed by atoms with Gasteiger partial charge in [0.15, 0.2) is 0 Å². The molecule has 0 aromatic heterocycles. The van der Waals surface area contributed by atoms with Gasteiger partial charge >= 0.3 is 0 Å². The van der Waals surface area contributed by atoms with Crippen molar-refractivity contribution >= 4 is 15.9 Å². The molecule has 1 saturated heterocycles. The predicted molar refractivity (Wildman–Crippen MR) is 75.7 cm³/mol. The first kappa shape index (κ1) is 13.8. The average molecular weight is 304 g/mol. The van der Waals surface area contributed by atoms with Crippen molar-refractivity contribution in [1.29, 1.82) is 0 Å². The molecule has 0 aromatic rings. The summed E-state index contributed by atoms with van der Waals surface area (Å²) in [6, 6.07) is 0.702. The number of hydrogen-bond acceptors (Lipinski definition) is 2. The largest absolute Gasteiger partial charge is 0.375 e. The molecule has 0 N–H and O–H groups in total. The summed E-state index contributed by atoms with van der Waals surface area (Å²) in [7, 11) is 0. The van der Waals surface area contributed by atoms with Crippen molar-refractivity contribution in [3.63, 3.8) is 0 Å². The molecule has 1 heterocycles. The number of hydrogen-bond donors (Lipinski definition) is 0. The molecule has 100 valence electrons. The fourth-order valence-electron chi connectivity index (χ4n) is 3.07. The lowest BCUT2D eigenvalue weighted by Crippen LogP contribution is -2.51. The van der Waals surface area contributed by atoms with E-state index in [-0.39, 0.29) is 0 Å². The first-order valence-electron chi connectivity index (χ1n) is 6.94. The monoisotopic (exact) mass is 303 g/mol. The first-order chi connectivity index (χ1) is 8.02. The highest BCUT2D eigenvalue weighted by atomic mass is 79.9. The van der Waals surface area contributed by atoms with Gasteiger partial charge in [-0.3, -0.25) is 4.90 Å². The van der Waals surface area contributed by atoms with E-state index in [4.69, 9.17) is 4.74 Å². The van der Waals surface area contributed by atoms with Crippen LogP contribution in [0, 0.1) is 11.3 Å². The minimum atomic E-state index is 0.385. The molecule has 0 amide bonds. The third kappa shape index (κ3) is 3.24. The van der Waals surface area contributed by atoms with E-state index < -0.39 is 0 Å². The van der Waals surface area contributed by atoms with Crippen molar-refractivity contribution in [2.24, 2.45) is 11.3 Å². The number of ether oxygens (including phenoxy) is 1. The van der Waals surface area contributed by atoms with Gasteiger partial charge in [0.05, 0.1) is 12.7 Å². The van der Waals surface area contributed by atoms with Gasteiger partial charge in [0.1, 0.15) is 0 Å². The molecule has 0 aromatic carbocycles. The van der Waals surface area contributed by atoms with Crippen LogP contribution in [0.15, 0.2) is 0 Å². The van der Waals surface area contributed by atoms with E-state index in [1.807, 2.05) is 0 Å². The zero-order chi connectivity index (χ0) is 12.5. The molecular formula is C14H26BrNO. The molecular weight excluding hydrogens is 278 g/mol. The Balaban J connectivity index is 1.97. The number of nitrogens with zero attached hydrogens (tertiary/aromatic N) is 1. The average Bonchev–Trinajstić information content (AvgIpc) is 2.72. The van der Waals surface area contributed by atoms with Gasteiger partial charge in [-0.1, -0.05) is 36.7 Å². The van der Waals surface area contributed by atoms with Crippen molar-refractivity contribution < 1.29 is 4.74 Å². The molecule has 1 aliphatic carbocycles. The van der Waals surface area contributed by atoms with Crippen molar-refractivity contribution in [2.75, 3.05) is 25.0 Å². The molecule has 3 atom stereocenters. The second-order valence-corrected chi connectivity index (χ2v) is 7.27. The van der Waals surface area contributed by atoms with Crippen LogP contribution >= 0.6 is 15.9 Å². The third-order valence-corrected chi connectivity index (χ3v) is 5.24. The summed E-state index contributed by atoms with van der Waals surface area (Å²) in [5.41, 5.74) is 0.385. The highest BCUT2D eigenvalue weighted by Gasteiger charge is 2.38. The van der Waals surface area contributed by atoms with E-state index in [0.717, 1.165) is 24.4 Å². The molecule has 2 nitrogen and oxygen atoms in total. The molecule has 1 aliphatic heterocycles. The maximum absolute atomic E-state index is 5.88. The van der Waals surface area contributed by atoms with Crippen LogP contribution in [0.2, 0.25) is 0 Å². The lowest BCUT2D eigenvalue weighted by molar-refractivity contribution is -0.0637. The first-order valence-corrected chi connectivity index (χ1v) is 8.06. The normalized spacial score (nSPS) is 32.5. The fraction of sp³-hybridized carbons (Fsp3) is 1.00. The number of rotatable bonds is 3. The summed E-state index contributed by atoms with van der Waals surface area (Å²) in [5, 5.41) is 1.10. The van der Waals surface area contributed by atoms with Crippen LogP contribution in [0.5, 0.6) is 0 Å². The predicted octanol–water partition coefficient (Wildman–Crippen LogP) is 3.30. The van der Waals surface area contributed by atoms with E-state index >= 15 is 0 Å². The van der Waals surface area contributed by atoms with E-state index in [1.165, 1.54) is 25.8 Å². The fourth-order valence-corrected chi connectivity index (χ4v) is 4.25. The summed E-state index contributed by atoms with van der Waals surface area (Å²) in [4.78, 5) is 2.69. The summed E-state index contributed by atoms with van der Waals surface area (Å²) in [6.45, 7) is 10.3. The van der Waals surface area contributed by atoms with Crippen molar-refractivity contribution in [3.05, 3.63) is 0 Å². The van der Waals surface area contributed by atoms with Crippen molar-refractivity contribution in [3.8, 4) is 0 Å². The van der Waals surface area contributed by atoms with Crippen LogP contribution in [0.25, 0.3) is 0 Å². The van der Waals surface area contributed by atoms with Crippen LogP contribution in [0.4, 0.5) is 0 Å². The molecule has 3 heteroatoms. The Hall–Kier alpha value is 0.400. The lowest BCUT2D eigenvalue weighted by Gasteiger charge is -2.42. The minimum Gasteiger partial charge on any atom is -0.375 e. The molecule has 2 fully saturated rings. The van der Waals surface area contributed by atoms with E-state index in [9.17, 15) is 0 Å². The smallest absolute Gasteiger partial charge is 0.0730 e. The molecule has 0 radical (unpaired) electrons. The topological polar surface area (TPSA) is 12.5 Å². The molecule has 1 saturated carbocycles. The summed E-state index contributed by atoms with van der Waals surface area (Å²) in [5.74, 6) is 0.724. The van der Waals surface area contributed by atoms with Crippen molar-refractivity contribution in [2.45, 2.75) is 52.2 Å². The van der Waals surface area contributed by atoms with Gasteiger partial charge in [0.25, 0.3) is 0 Å². The highest BCUT2D eigenvalue weighted by molar-refractivity contribution is 9.09. The van der Waals surface area contributed by atoms with Crippen LogP contribution in [-0.4, -0.2) is 42.1 Å². The Labute approximate surface area is 114 Å². The third-order valence-electron chi connectivity index (χ3n) is 4.46. The molecule has 0 bridgehead atoms. The zero-order valence-electron chi connectivity index (χ0n) is 11.4. The molecule has 2 rings (SSSR count). The lowest BCUT2D eigenvalue weighted by atomic mass is 9.81. The summed E-state index contributed by atoms with van der Waals surface area (Å²) < 4.78 is 5.88. The quantitative estimate of drug-likeness (QED) is 0.742. The maximum atomic E-state index is 5.88. The highest BCUT2D eigenvalue weighted by Crippen LogP contribution is 2.34. The molecule has 2 aliphatic rings. The standard InChI is InChI=1S/C14H26BrNO/c1-14(2,3)11(9-15)10-16-7-8-17-13-6-4-5-12(13)16/h11-13H,4-10H2,1-3H3. The molecule has 3 unspecified atom stereocenters. The van der Waals surface area contributed by atoms with Gasteiger partial charge in [-0.15, -0.1) is 0 Å². The molecule has 17 heavy (non-hydrogen) atoms.